The number of hydrogen-bond donors (Lipinski definition) is 3. The second-order valence-electron chi connectivity index (χ2n) is 5.26. The first-order chi connectivity index (χ1) is 12.7. The van der Waals surface area contributed by atoms with Crippen molar-refractivity contribution in [3.63, 3.8) is 0 Å². The molecular formula is C19H17N3O2S2. The normalized spacial score (nSPS) is 10.2. The summed E-state index contributed by atoms with van der Waals surface area (Å²) in [6.45, 7) is 0. The lowest BCUT2D eigenvalue weighted by atomic mass is 10.3. The number of anilines is 3. The minimum Gasteiger partial charge on any atom is -0.320 e. The summed E-state index contributed by atoms with van der Waals surface area (Å²) in [6.07, 6.45) is 1.96. The Balaban J connectivity index is 1.62. The van der Waals surface area contributed by atoms with Crippen molar-refractivity contribution in [2.24, 2.45) is 0 Å². The Labute approximate surface area is 159 Å². The summed E-state index contributed by atoms with van der Waals surface area (Å²) in [7, 11) is 0. The molecule has 132 valence electrons. The maximum absolute atomic E-state index is 12.4. The van der Waals surface area contributed by atoms with Crippen LogP contribution in [-0.4, -0.2) is 18.2 Å². The summed E-state index contributed by atoms with van der Waals surface area (Å²) < 4.78 is 0. The average Bonchev–Trinajstić information content (AvgIpc) is 3.11. The number of thiophene rings is 1. The Morgan fingerprint density at radius 3 is 2.35 bits per heavy atom. The molecule has 0 saturated heterocycles. The van der Waals surface area contributed by atoms with Crippen LogP contribution in [0.2, 0.25) is 0 Å². The minimum atomic E-state index is -0.349. The van der Waals surface area contributed by atoms with E-state index in [1.54, 1.807) is 36.0 Å². The largest absolute Gasteiger partial charge is 0.324 e. The Bertz CT molecular complexity index is 910. The molecule has 5 nitrogen and oxygen atoms in total. The fourth-order valence-electron chi connectivity index (χ4n) is 2.25. The zero-order valence-electron chi connectivity index (χ0n) is 14.0. The van der Waals surface area contributed by atoms with E-state index in [0.717, 1.165) is 10.6 Å². The zero-order valence-corrected chi connectivity index (χ0v) is 15.6. The Kier molecular flexibility index (Phi) is 5.93. The maximum Gasteiger partial charge on any atom is 0.324 e. The lowest BCUT2D eigenvalue weighted by Gasteiger charge is -2.08. The molecule has 0 saturated carbocycles. The molecule has 3 N–H and O–H groups in total. The third-order valence-corrected chi connectivity index (χ3v) is 5.25. The molecule has 2 aromatic carbocycles. The van der Waals surface area contributed by atoms with E-state index >= 15 is 0 Å². The molecule has 1 heterocycles. The summed E-state index contributed by atoms with van der Waals surface area (Å²) >= 11 is 2.79. The number of carbonyl (C=O) groups excluding carboxylic acids is 2. The van der Waals surface area contributed by atoms with Crippen LogP contribution in [0.5, 0.6) is 0 Å². The number of urea groups is 1. The minimum absolute atomic E-state index is 0.201. The van der Waals surface area contributed by atoms with E-state index in [2.05, 4.69) is 16.0 Å². The monoisotopic (exact) mass is 383 g/mol. The van der Waals surface area contributed by atoms with Crippen LogP contribution in [0.15, 0.2) is 71.6 Å². The number of rotatable bonds is 5. The highest BCUT2D eigenvalue weighted by atomic mass is 32.2. The number of hydrogen-bond acceptors (Lipinski definition) is 4. The van der Waals surface area contributed by atoms with Gasteiger partial charge in [0.2, 0.25) is 0 Å². The molecule has 26 heavy (non-hydrogen) atoms. The molecule has 0 bridgehead atoms. The summed E-state index contributed by atoms with van der Waals surface area (Å²) in [4.78, 5) is 26.0. The van der Waals surface area contributed by atoms with Crippen LogP contribution in [0.1, 0.15) is 9.67 Å². The molecule has 1 aromatic heterocycles. The van der Waals surface area contributed by atoms with Crippen molar-refractivity contribution in [1.82, 2.24) is 0 Å². The molecule has 0 aliphatic heterocycles. The lowest BCUT2D eigenvalue weighted by Crippen LogP contribution is -2.18. The van der Waals surface area contributed by atoms with E-state index in [-0.39, 0.29) is 11.9 Å². The first-order valence-corrected chi connectivity index (χ1v) is 9.87. The standard InChI is InChI=1S/C19H17N3O2S2/c1-25-15-10-6-5-9-14(15)21-18(23)16-11-12-17(26-16)22-19(24)20-13-7-3-2-4-8-13/h2-12H,1H3,(H,21,23)(H2,20,22,24). The molecule has 7 heteroatoms. The summed E-state index contributed by atoms with van der Waals surface area (Å²) in [5.41, 5.74) is 1.47. The predicted octanol–water partition coefficient (Wildman–Crippen LogP) is 5.37. The SMILES string of the molecule is CSc1ccccc1NC(=O)c1ccc(NC(=O)Nc2ccccc2)s1. The van der Waals surface area contributed by atoms with Gasteiger partial charge in [-0.15, -0.1) is 23.1 Å². The quantitative estimate of drug-likeness (QED) is 0.519. The van der Waals surface area contributed by atoms with Gasteiger partial charge in [0.25, 0.3) is 5.91 Å². The third-order valence-electron chi connectivity index (χ3n) is 3.45. The van der Waals surface area contributed by atoms with Crippen LogP contribution in [-0.2, 0) is 0 Å². The van der Waals surface area contributed by atoms with Crippen molar-refractivity contribution in [1.29, 1.82) is 0 Å². The molecule has 0 aliphatic carbocycles. The molecule has 0 aliphatic rings. The molecule has 0 radical (unpaired) electrons. The van der Waals surface area contributed by atoms with E-state index in [0.29, 0.717) is 15.6 Å². The number of carbonyl (C=O) groups is 2. The molecule has 0 atom stereocenters. The van der Waals surface area contributed by atoms with Crippen molar-refractivity contribution in [2.75, 3.05) is 22.2 Å². The number of amides is 3. The van der Waals surface area contributed by atoms with E-state index in [4.69, 9.17) is 0 Å². The highest BCUT2D eigenvalue weighted by Crippen LogP contribution is 2.27. The van der Waals surface area contributed by atoms with E-state index in [9.17, 15) is 9.59 Å². The van der Waals surface area contributed by atoms with Gasteiger partial charge in [-0.25, -0.2) is 4.79 Å². The Morgan fingerprint density at radius 2 is 1.58 bits per heavy atom. The number of benzene rings is 2. The topological polar surface area (TPSA) is 70.2 Å². The van der Waals surface area contributed by atoms with Gasteiger partial charge < -0.3 is 10.6 Å². The summed E-state index contributed by atoms with van der Waals surface area (Å²) in [5.74, 6) is -0.201. The molecule has 0 unspecified atom stereocenters. The highest BCUT2D eigenvalue weighted by Gasteiger charge is 2.12. The predicted molar refractivity (Wildman–Crippen MR) is 110 cm³/mol. The van der Waals surface area contributed by atoms with Gasteiger partial charge in [0.1, 0.15) is 0 Å². The van der Waals surface area contributed by atoms with Gasteiger partial charge in [0.15, 0.2) is 0 Å². The van der Waals surface area contributed by atoms with Crippen LogP contribution in [0, 0.1) is 0 Å². The first-order valence-electron chi connectivity index (χ1n) is 7.83. The number of nitrogens with one attached hydrogen (secondary N) is 3. The molecule has 0 spiro atoms. The maximum atomic E-state index is 12.4. The van der Waals surface area contributed by atoms with Gasteiger partial charge in [-0.1, -0.05) is 30.3 Å². The second kappa shape index (κ2) is 8.55. The van der Waals surface area contributed by atoms with Gasteiger partial charge in [0.05, 0.1) is 15.6 Å². The van der Waals surface area contributed by atoms with Crippen molar-refractivity contribution >= 4 is 51.4 Å². The fourth-order valence-corrected chi connectivity index (χ4v) is 3.60. The summed E-state index contributed by atoms with van der Waals surface area (Å²) in [5, 5.41) is 8.98. The second-order valence-corrected chi connectivity index (χ2v) is 7.20. The molecular weight excluding hydrogens is 366 g/mol. The van der Waals surface area contributed by atoms with Gasteiger partial charge in [0, 0.05) is 10.6 Å². The van der Waals surface area contributed by atoms with Crippen LogP contribution in [0.3, 0.4) is 0 Å². The van der Waals surface area contributed by atoms with Crippen molar-refractivity contribution in [3.8, 4) is 0 Å². The fraction of sp³-hybridized carbons (Fsp3) is 0.0526. The van der Waals surface area contributed by atoms with Crippen molar-refractivity contribution in [2.45, 2.75) is 4.90 Å². The Morgan fingerprint density at radius 1 is 0.846 bits per heavy atom. The van der Waals surface area contributed by atoms with Gasteiger partial charge in [-0.2, -0.15) is 0 Å². The van der Waals surface area contributed by atoms with Crippen LogP contribution in [0.4, 0.5) is 21.2 Å². The van der Waals surface area contributed by atoms with Gasteiger partial charge in [-0.3, -0.25) is 10.1 Å². The van der Waals surface area contributed by atoms with Gasteiger partial charge in [-0.05, 0) is 42.7 Å². The third kappa shape index (κ3) is 4.65. The Hall–Kier alpha value is -2.77. The van der Waals surface area contributed by atoms with Crippen molar-refractivity contribution < 1.29 is 9.59 Å². The molecule has 3 aromatic rings. The van der Waals surface area contributed by atoms with Crippen LogP contribution < -0.4 is 16.0 Å². The smallest absolute Gasteiger partial charge is 0.320 e. The first kappa shape index (κ1) is 18.0. The number of para-hydroxylation sites is 2. The summed E-state index contributed by atoms with van der Waals surface area (Å²) in [6, 6.07) is 19.9. The van der Waals surface area contributed by atoms with Crippen LogP contribution in [0.25, 0.3) is 0 Å². The van der Waals surface area contributed by atoms with E-state index in [1.165, 1.54) is 11.3 Å². The van der Waals surface area contributed by atoms with E-state index < -0.39 is 0 Å². The average molecular weight is 383 g/mol. The highest BCUT2D eigenvalue weighted by molar-refractivity contribution is 7.98. The lowest BCUT2D eigenvalue weighted by molar-refractivity contribution is 0.103. The molecule has 0 fully saturated rings. The zero-order chi connectivity index (χ0) is 18.4. The molecule has 3 rings (SSSR count). The van der Waals surface area contributed by atoms with Crippen molar-refractivity contribution in [3.05, 3.63) is 71.6 Å². The van der Waals surface area contributed by atoms with Gasteiger partial charge >= 0.3 is 6.03 Å². The molecule has 3 amide bonds. The number of thioether (sulfide) groups is 1. The van der Waals surface area contributed by atoms with Crippen LogP contribution >= 0.6 is 23.1 Å². The van der Waals surface area contributed by atoms with E-state index in [1.807, 2.05) is 48.7 Å².